The molecule has 0 aromatic heterocycles. The Kier molecular flexibility index (Phi) is 5.99. The topological polar surface area (TPSA) is 26.8 Å². The Morgan fingerprint density at radius 2 is 1.81 bits per heavy atom. The number of rotatable bonds is 3. The third-order valence-corrected chi connectivity index (χ3v) is 5.57. The van der Waals surface area contributed by atoms with Gasteiger partial charge in [-0.2, -0.15) is 13.2 Å². The first-order valence-electron chi connectivity index (χ1n) is 9.71. The van der Waals surface area contributed by atoms with Crippen LogP contribution in [-0.4, -0.2) is 61.0 Å². The summed E-state index contributed by atoms with van der Waals surface area (Å²) < 4.78 is 38.8. The highest BCUT2D eigenvalue weighted by Gasteiger charge is 2.33. The van der Waals surface area contributed by atoms with Crippen molar-refractivity contribution in [1.29, 1.82) is 0 Å². The molecule has 1 atom stereocenters. The fourth-order valence-electron chi connectivity index (χ4n) is 4.04. The van der Waals surface area contributed by atoms with E-state index < -0.39 is 11.7 Å². The lowest BCUT2D eigenvalue weighted by atomic mass is 10.0. The van der Waals surface area contributed by atoms with Gasteiger partial charge in [0.2, 0.25) is 5.91 Å². The summed E-state index contributed by atoms with van der Waals surface area (Å²) in [7, 11) is 0. The first-order valence-corrected chi connectivity index (χ1v) is 9.71. The average molecular weight is 383 g/mol. The average Bonchev–Trinajstić information content (AvgIpc) is 2.67. The van der Waals surface area contributed by atoms with Crippen LogP contribution >= 0.6 is 0 Å². The van der Waals surface area contributed by atoms with Crippen LogP contribution in [0, 0.1) is 5.92 Å². The molecule has 1 amide bonds. The molecule has 0 saturated carbocycles. The maximum absolute atomic E-state index is 12.9. The molecule has 1 aromatic rings. The number of piperidine rings is 1. The molecule has 4 nitrogen and oxygen atoms in total. The smallest absolute Gasteiger partial charge is 0.369 e. The molecule has 27 heavy (non-hydrogen) atoms. The fourth-order valence-corrected chi connectivity index (χ4v) is 4.04. The molecule has 2 saturated heterocycles. The summed E-state index contributed by atoms with van der Waals surface area (Å²) in [5, 5.41) is 0. The SMILES string of the molecule is CC(C)C(=O)N1CCC[C@@H](N2CCN(c3cccc(C(F)(F)F)c3)CC2)C1. The van der Waals surface area contributed by atoms with E-state index in [9.17, 15) is 18.0 Å². The standard InChI is InChI=1S/C20H28F3N3O/c1-15(2)19(27)26-8-4-7-18(14-26)25-11-9-24(10-12-25)17-6-3-5-16(13-17)20(21,22)23/h3,5-6,13,15,18H,4,7-12,14H2,1-2H3/t18-/m1/s1. The Labute approximate surface area is 158 Å². The quantitative estimate of drug-likeness (QED) is 0.800. The van der Waals surface area contributed by atoms with Crippen molar-refractivity contribution in [2.45, 2.75) is 38.9 Å². The molecule has 1 aromatic carbocycles. The zero-order valence-electron chi connectivity index (χ0n) is 16.0. The zero-order chi connectivity index (χ0) is 19.6. The highest BCUT2D eigenvalue weighted by atomic mass is 19.4. The van der Waals surface area contributed by atoms with Gasteiger partial charge < -0.3 is 9.80 Å². The first-order chi connectivity index (χ1) is 12.8. The molecule has 0 aliphatic carbocycles. The van der Waals surface area contributed by atoms with Crippen LogP contribution in [0.4, 0.5) is 18.9 Å². The van der Waals surface area contributed by atoms with Gasteiger partial charge in [0.25, 0.3) is 0 Å². The van der Waals surface area contributed by atoms with E-state index in [4.69, 9.17) is 0 Å². The van der Waals surface area contributed by atoms with E-state index in [1.807, 2.05) is 23.6 Å². The van der Waals surface area contributed by atoms with Crippen molar-refractivity contribution in [1.82, 2.24) is 9.80 Å². The molecule has 2 heterocycles. The second kappa shape index (κ2) is 8.09. The number of amides is 1. The van der Waals surface area contributed by atoms with Crippen molar-refractivity contribution >= 4 is 11.6 Å². The van der Waals surface area contributed by atoms with Crippen LogP contribution in [0.3, 0.4) is 0 Å². The third kappa shape index (κ3) is 4.75. The van der Waals surface area contributed by atoms with E-state index in [0.717, 1.165) is 45.1 Å². The summed E-state index contributed by atoms with van der Waals surface area (Å²) in [5.74, 6) is 0.226. The molecule has 3 rings (SSSR count). The Morgan fingerprint density at radius 3 is 2.44 bits per heavy atom. The van der Waals surface area contributed by atoms with Gasteiger partial charge in [0, 0.05) is 56.9 Å². The van der Waals surface area contributed by atoms with Crippen LogP contribution in [-0.2, 0) is 11.0 Å². The van der Waals surface area contributed by atoms with Gasteiger partial charge in [0.05, 0.1) is 5.56 Å². The van der Waals surface area contributed by atoms with E-state index in [0.29, 0.717) is 24.8 Å². The third-order valence-electron chi connectivity index (χ3n) is 5.57. The molecule has 0 unspecified atom stereocenters. The predicted molar refractivity (Wildman–Crippen MR) is 99.7 cm³/mol. The van der Waals surface area contributed by atoms with Crippen molar-refractivity contribution in [3.8, 4) is 0 Å². The van der Waals surface area contributed by atoms with Gasteiger partial charge in [-0.25, -0.2) is 0 Å². The summed E-state index contributed by atoms with van der Waals surface area (Å²) in [6.45, 7) is 8.49. The largest absolute Gasteiger partial charge is 0.416 e. The van der Waals surface area contributed by atoms with E-state index in [2.05, 4.69) is 4.90 Å². The minimum atomic E-state index is -4.31. The van der Waals surface area contributed by atoms with Gasteiger partial charge in [-0.3, -0.25) is 9.69 Å². The summed E-state index contributed by atoms with van der Waals surface area (Å²) >= 11 is 0. The predicted octanol–water partition coefficient (Wildman–Crippen LogP) is 3.47. The van der Waals surface area contributed by atoms with E-state index >= 15 is 0 Å². The molecule has 2 aliphatic heterocycles. The maximum atomic E-state index is 12.9. The highest BCUT2D eigenvalue weighted by Crippen LogP contribution is 2.32. The Bertz CT molecular complexity index is 654. The highest BCUT2D eigenvalue weighted by molar-refractivity contribution is 5.78. The van der Waals surface area contributed by atoms with Crippen LogP contribution in [0.15, 0.2) is 24.3 Å². The van der Waals surface area contributed by atoms with Crippen molar-refractivity contribution in [2.24, 2.45) is 5.92 Å². The molecule has 0 N–H and O–H groups in total. The fraction of sp³-hybridized carbons (Fsp3) is 0.650. The molecule has 7 heteroatoms. The van der Waals surface area contributed by atoms with E-state index in [1.165, 1.54) is 12.1 Å². The second-order valence-corrected chi connectivity index (χ2v) is 7.81. The van der Waals surface area contributed by atoms with E-state index in [1.54, 1.807) is 6.07 Å². The van der Waals surface area contributed by atoms with Crippen molar-refractivity contribution in [3.05, 3.63) is 29.8 Å². The number of hydrogen-bond acceptors (Lipinski definition) is 3. The number of halogens is 3. The van der Waals surface area contributed by atoms with Gasteiger partial charge >= 0.3 is 6.18 Å². The molecular formula is C20H28F3N3O. The number of hydrogen-bond donors (Lipinski definition) is 0. The number of nitrogens with zero attached hydrogens (tertiary/aromatic N) is 3. The number of benzene rings is 1. The lowest BCUT2D eigenvalue weighted by Gasteiger charge is -2.44. The number of carbonyl (C=O) groups excluding carboxylic acids is 1. The first kappa shape index (κ1) is 20.0. The Morgan fingerprint density at radius 1 is 1.11 bits per heavy atom. The van der Waals surface area contributed by atoms with Gasteiger partial charge in [-0.15, -0.1) is 0 Å². The van der Waals surface area contributed by atoms with Gasteiger partial charge in [0.1, 0.15) is 0 Å². The lowest BCUT2D eigenvalue weighted by Crippen LogP contribution is -2.56. The van der Waals surface area contributed by atoms with Gasteiger partial charge in [0.15, 0.2) is 0 Å². The minimum Gasteiger partial charge on any atom is -0.369 e. The maximum Gasteiger partial charge on any atom is 0.416 e. The molecule has 2 aliphatic rings. The molecule has 0 bridgehead atoms. The molecule has 2 fully saturated rings. The lowest BCUT2D eigenvalue weighted by molar-refractivity contribution is -0.138. The summed E-state index contributed by atoms with van der Waals surface area (Å²) in [6, 6.07) is 5.92. The monoisotopic (exact) mass is 383 g/mol. The van der Waals surface area contributed by atoms with Crippen molar-refractivity contribution in [3.63, 3.8) is 0 Å². The minimum absolute atomic E-state index is 0.0153. The molecule has 0 radical (unpaired) electrons. The van der Waals surface area contributed by atoms with Crippen molar-refractivity contribution in [2.75, 3.05) is 44.2 Å². The van der Waals surface area contributed by atoms with Gasteiger partial charge in [-0.05, 0) is 31.0 Å². The molecule has 0 spiro atoms. The van der Waals surface area contributed by atoms with Crippen LogP contribution < -0.4 is 4.90 Å². The normalized spacial score (nSPS) is 22.4. The summed E-state index contributed by atoms with van der Waals surface area (Å²) in [6.07, 6.45) is -2.23. The number of likely N-dealkylation sites (tertiary alicyclic amines) is 1. The van der Waals surface area contributed by atoms with Crippen LogP contribution in [0.2, 0.25) is 0 Å². The molecular weight excluding hydrogens is 355 g/mol. The Balaban J connectivity index is 1.58. The molecule has 150 valence electrons. The zero-order valence-corrected chi connectivity index (χ0v) is 16.0. The Hall–Kier alpha value is -1.76. The second-order valence-electron chi connectivity index (χ2n) is 7.81. The number of alkyl halides is 3. The van der Waals surface area contributed by atoms with Crippen molar-refractivity contribution < 1.29 is 18.0 Å². The number of piperazine rings is 1. The van der Waals surface area contributed by atoms with Crippen LogP contribution in [0.1, 0.15) is 32.3 Å². The van der Waals surface area contributed by atoms with Gasteiger partial charge in [-0.1, -0.05) is 19.9 Å². The van der Waals surface area contributed by atoms with E-state index in [-0.39, 0.29) is 11.8 Å². The number of anilines is 1. The van der Waals surface area contributed by atoms with Crippen LogP contribution in [0.5, 0.6) is 0 Å². The summed E-state index contributed by atoms with van der Waals surface area (Å²) in [4.78, 5) is 18.7. The summed E-state index contributed by atoms with van der Waals surface area (Å²) in [5.41, 5.74) is 0.0299. The van der Waals surface area contributed by atoms with Crippen LogP contribution in [0.25, 0.3) is 0 Å². The number of carbonyl (C=O) groups is 1.